The monoisotopic (exact) mass is 340 g/mol. The van der Waals surface area contributed by atoms with Crippen molar-refractivity contribution in [3.05, 3.63) is 57.6 Å². The molecule has 0 fully saturated rings. The van der Waals surface area contributed by atoms with E-state index in [1.54, 1.807) is 36.4 Å². The highest BCUT2D eigenvalue weighted by Gasteiger charge is 2.15. The molecule has 0 radical (unpaired) electrons. The largest absolute Gasteiger partial charge is 0.465 e. The molecule has 22 heavy (non-hydrogen) atoms. The van der Waals surface area contributed by atoms with Gasteiger partial charge in [0.1, 0.15) is 0 Å². The molecule has 3 N–H and O–H groups in total. The molecule has 0 aliphatic heterocycles. The fourth-order valence-electron chi connectivity index (χ4n) is 1.95. The van der Waals surface area contributed by atoms with E-state index >= 15 is 0 Å². The molecule has 0 spiro atoms. The van der Waals surface area contributed by atoms with Crippen LogP contribution < -0.4 is 10.8 Å². The van der Waals surface area contributed by atoms with Crippen molar-refractivity contribution >= 4 is 40.5 Å². The number of carbonyl (C=O) groups excluding carboxylic acids is 1. The number of halogens is 2. The molecule has 0 aromatic heterocycles. The summed E-state index contributed by atoms with van der Waals surface area (Å²) in [4.78, 5) is 11.8. The Bertz CT molecular complexity index is 692. The summed E-state index contributed by atoms with van der Waals surface area (Å²) in [6.45, 7) is 0.170. The minimum absolute atomic E-state index is 0.170. The summed E-state index contributed by atoms with van der Waals surface area (Å²) in [6.07, 6.45) is 0. The van der Waals surface area contributed by atoms with Crippen molar-refractivity contribution in [1.29, 1.82) is 0 Å². The van der Waals surface area contributed by atoms with Gasteiger partial charge in [-0.3, -0.25) is 0 Å². The Morgan fingerprint density at radius 1 is 1.23 bits per heavy atom. The maximum Gasteiger partial charge on any atom is 0.339 e. The second kappa shape index (κ2) is 7.47. The first-order valence-electron chi connectivity index (χ1n) is 6.36. The lowest BCUT2D eigenvalue weighted by molar-refractivity contribution is 0.0602. The van der Waals surface area contributed by atoms with Crippen LogP contribution in [0.2, 0.25) is 10.0 Å². The number of hydrogen-bond donors (Lipinski definition) is 3. The molecule has 2 aromatic carbocycles. The lowest BCUT2D eigenvalue weighted by atomic mass is 10.1. The van der Waals surface area contributed by atoms with Crippen LogP contribution in [-0.4, -0.2) is 18.3 Å². The van der Waals surface area contributed by atoms with Crippen LogP contribution in [0, 0.1) is 0 Å². The maximum absolute atomic E-state index is 11.8. The summed E-state index contributed by atoms with van der Waals surface area (Å²) < 4.78 is 4.75. The average Bonchev–Trinajstić information content (AvgIpc) is 2.54. The summed E-state index contributed by atoms with van der Waals surface area (Å²) in [5, 5.41) is 12.6. The van der Waals surface area contributed by atoms with Gasteiger partial charge in [0.2, 0.25) is 0 Å². The summed E-state index contributed by atoms with van der Waals surface area (Å²) >= 11 is 12.5. The van der Waals surface area contributed by atoms with E-state index in [0.717, 1.165) is 0 Å². The van der Waals surface area contributed by atoms with Gasteiger partial charge in [-0.15, -0.1) is 0 Å². The molecule has 0 aliphatic carbocycles. The lowest BCUT2D eigenvalue weighted by Gasteiger charge is -2.15. The van der Waals surface area contributed by atoms with E-state index in [4.69, 9.17) is 33.1 Å². The third-order valence-corrected chi connectivity index (χ3v) is 3.78. The zero-order valence-corrected chi connectivity index (χ0v) is 13.2. The van der Waals surface area contributed by atoms with Crippen LogP contribution in [0.5, 0.6) is 0 Å². The number of hydroxylamine groups is 1. The number of anilines is 2. The Morgan fingerprint density at radius 3 is 2.64 bits per heavy atom. The van der Waals surface area contributed by atoms with E-state index in [9.17, 15) is 4.79 Å². The molecule has 0 saturated carbocycles. The number of hydrogen-bond acceptors (Lipinski definition) is 5. The van der Waals surface area contributed by atoms with Gasteiger partial charge in [-0.25, -0.2) is 10.3 Å². The van der Waals surface area contributed by atoms with Gasteiger partial charge in [0.15, 0.2) is 0 Å². The third kappa shape index (κ3) is 3.51. The van der Waals surface area contributed by atoms with E-state index in [1.165, 1.54) is 7.11 Å². The van der Waals surface area contributed by atoms with Crippen LogP contribution in [0.25, 0.3) is 0 Å². The minimum atomic E-state index is -0.469. The zero-order valence-electron chi connectivity index (χ0n) is 11.7. The quantitative estimate of drug-likeness (QED) is 0.566. The second-order valence-electron chi connectivity index (χ2n) is 4.39. The number of benzene rings is 2. The summed E-state index contributed by atoms with van der Waals surface area (Å²) in [5.41, 5.74) is 4.04. The second-order valence-corrected chi connectivity index (χ2v) is 5.18. The van der Waals surface area contributed by atoms with Crippen LogP contribution in [0.4, 0.5) is 11.4 Å². The topological polar surface area (TPSA) is 70.6 Å². The number of rotatable bonds is 5. The molecule has 0 atom stereocenters. The average molecular weight is 341 g/mol. The van der Waals surface area contributed by atoms with Gasteiger partial charge in [0.05, 0.1) is 34.1 Å². The lowest BCUT2D eigenvalue weighted by Crippen LogP contribution is -2.08. The summed E-state index contributed by atoms with van der Waals surface area (Å²) in [7, 11) is 1.31. The minimum Gasteiger partial charge on any atom is -0.465 e. The van der Waals surface area contributed by atoms with Crippen LogP contribution >= 0.6 is 23.2 Å². The van der Waals surface area contributed by atoms with Crippen molar-refractivity contribution in [3.63, 3.8) is 0 Å². The molecule has 7 heteroatoms. The summed E-state index contributed by atoms with van der Waals surface area (Å²) in [5.74, 6) is -0.469. The van der Waals surface area contributed by atoms with Gasteiger partial charge in [-0.2, -0.15) is 0 Å². The summed E-state index contributed by atoms with van der Waals surface area (Å²) in [6, 6.07) is 10.2. The standard InChI is InChI=1S/C15H14Cl2N2O3/c1-22-15(20)10-4-2-3-5-12(10)19-14-11(16)7-6-9(8-18-21)13(14)17/h2-7,18-19,21H,8H2,1H3. The molecular formula is C15H14Cl2N2O3. The molecule has 2 aromatic rings. The Kier molecular flexibility index (Phi) is 5.63. The molecule has 5 nitrogen and oxygen atoms in total. The van der Waals surface area contributed by atoms with Gasteiger partial charge in [-0.1, -0.05) is 41.4 Å². The van der Waals surface area contributed by atoms with Crippen molar-refractivity contribution in [2.45, 2.75) is 6.54 Å². The molecular weight excluding hydrogens is 327 g/mol. The molecule has 0 saturated heterocycles. The van der Waals surface area contributed by atoms with Crippen molar-refractivity contribution in [1.82, 2.24) is 5.48 Å². The number of nitrogens with one attached hydrogen (secondary N) is 2. The van der Waals surface area contributed by atoms with Crippen LogP contribution in [0.15, 0.2) is 36.4 Å². The molecule has 116 valence electrons. The van der Waals surface area contributed by atoms with Gasteiger partial charge in [0, 0.05) is 6.54 Å². The van der Waals surface area contributed by atoms with Crippen LogP contribution in [0.1, 0.15) is 15.9 Å². The highest BCUT2D eigenvalue weighted by Crippen LogP contribution is 2.36. The van der Waals surface area contributed by atoms with Crippen molar-refractivity contribution < 1.29 is 14.7 Å². The van der Waals surface area contributed by atoms with Crippen molar-refractivity contribution in [3.8, 4) is 0 Å². The van der Waals surface area contributed by atoms with E-state index in [2.05, 4.69) is 5.32 Å². The van der Waals surface area contributed by atoms with Gasteiger partial charge in [0.25, 0.3) is 0 Å². The predicted molar refractivity (Wildman–Crippen MR) is 86.2 cm³/mol. The van der Waals surface area contributed by atoms with Crippen LogP contribution in [-0.2, 0) is 11.3 Å². The fourth-order valence-corrected chi connectivity index (χ4v) is 2.48. The molecule has 0 bridgehead atoms. The molecule has 0 aliphatic rings. The van der Waals surface area contributed by atoms with Crippen molar-refractivity contribution in [2.75, 3.05) is 12.4 Å². The molecule has 0 amide bonds. The van der Waals surface area contributed by atoms with Gasteiger partial charge >= 0.3 is 5.97 Å². The Labute approximate surface area is 137 Å². The van der Waals surface area contributed by atoms with Gasteiger partial charge in [-0.05, 0) is 23.8 Å². The van der Waals surface area contributed by atoms with E-state index in [1.807, 2.05) is 5.48 Å². The normalized spacial score (nSPS) is 10.4. The van der Waals surface area contributed by atoms with E-state index < -0.39 is 5.97 Å². The smallest absolute Gasteiger partial charge is 0.339 e. The molecule has 0 unspecified atom stereocenters. The zero-order chi connectivity index (χ0) is 16.1. The Hall–Kier alpha value is -1.79. The highest BCUT2D eigenvalue weighted by atomic mass is 35.5. The third-order valence-electron chi connectivity index (χ3n) is 3.03. The first-order valence-corrected chi connectivity index (χ1v) is 7.12. The Balaban J connectivity index is 2.43. The van der Waals surface area contributed by atoms with Crippen LogP contribution in [0.3, 0.4) is 0 Å². The number of carbonyl (C=O) groups is 1. The molecule has 2 rings (SSSR count). The van der Waals surface area contributed by atoms with E-state index in [-0.39, 0.29) is 6.54 Å². The SMILES string of the molecule is COC(=O)c1ccccc1Nc1c(Cl)ccc(CNO)c1Cl. The highest BCUT2D eigenvalue weighted by molar-refractivity contribution is 6.39. The molecule has 0 heterocycles. The van der Waals surface area contributed by atoms with E-state index in [0.29, 0.717) is 32.5 Å². The Morgan fingerprint density at radius 2 is 1.95 bits per heavy atom. The fraction of sp³-hybridized carbons (Fsp3) is 0.133. The number of para-hydroxylation sites is 1. The first kappa shape index (κ1) is 16.6. The van der Waals surface area contributed by atoms with Crippen molar-refractivity contribution in [2.24, 2.45) is 0 Å². The number of esters is 1. The number of ether oxygens (including phenoxy) is 1. The first-order chi connectivity index (χ1) is 10.6. The predicted octanol–water partition coefficient (Wildman–Crippen LogP) is 4.00. The maximum atomic E-state index is 11.8. The number of methoxy groups -OCH3 is 1. The van der Waals surface area contributed by atoms with Gasteiger partial charge < -0.3 is 15.3 Å².